The summed E-state index contributed by atoms with van der Waals surface area (Å²) in [6.45, 7) is 2.82. The minimum atomic E-state index is -4.18. The molecule has 0 saturated carbocycles. The van der Waals surface area contributed by atoms with Gasteiger partial charge in [0.05, 0.1) is 0 Å². The zero-order valence-electron chi connectivity index (χ0n) is 8.90. The molecule has 3 nitrogen and oxygen atoms in total. The van der Waals surface area contributed by atoms with Crippen LogP contribution in [0.2, 0.25) is 0 Å². The molecule has 0 aliphatic heterocycles. The van der Waals surface area contributed by atoms with E-state index >= 15 is 0 Å². The van der Waals surface area contributed by atoms with Gasteiger partial charge in [-0.3, -0.25) is 0 Å². The smallest absolute Gasteiger partial charge is 0.247 e. The molecule has 0 aliphatic rings. The van der Waals surface area contributed by atoms with Gasteiger partial charge in [0.15, 0.2) is 0 Å². The van der Waals surface area contributed by atoms with Crippen molar-refractivity contribution in [2.75, 3.05) is 0 Å². The van der Waals surface area contributed by atoms with E-state index < -0.39 is 26.4 Å². The maximum Gasteiger partial charge on any atom is 0.301 e. The van der Waals surface area contributed by atoms with E-state index in [2.05, 4.69) is 5.92 Å². The average molecular weight is 242 g/mol. The number of benzene rings is 1. The maximum atomic E-state index is 13.3. The van der Waals surface area contributed by atoms with E-state index in [1.165, 1.54) is 26.0 Å². The normalized spacial score (nSPS) is 12.1. The average Bonchev–Trinajstić information content (AvgIpc) is 2.16. The summed E-state index contributed by atoms with van der Waals surface area (Å²) in [5.41, 5.74) is -1.30. The van der Waals surface area contributed by atoms with Gasteiger partial charge in [-0.05, 0) is 26.0 Å². The van der Waals surface area contributed by atoms with E-state index in [9.17, 15) is 12.8 Å². The van der Waals surface area contributed by atoms with Crippen LogP contribution in [0, 0.1) is 18.2 Å². The van der Waals surface area contributed by atoms with Crippen LogP contribution in [0.4, 0.5) is 4.39 Å². The molecular formula is C11H11FO3S. The van der Waals surface area contributed by atoms with Gasteiger partial charge in [0.25, 0.3) is 0 Å². The largest absolute Gasteiger partial charge is 0.301 e. The fourth-order valence-electron chi connectivity index (χ4n) is 0.991. The quantitative estimate of drug-likeness (QED) is 0.601. The molecule has 0 N–H and O–H groups in total. The van der Waals surface area contributed by atoms with E-state index in [0.717, 1.165) is 12.1 Å². The predicted molar refractivity (Wildman–Crippen MR) is 57.6 cm³/mol. The van der Waals surface area contributed by atoms with Gasteiger partial charge < -0.3 is 0 Å². The molecular weight excluding hydrogens is 231 g/mol. The summed E-state index contributed by atoms with van der Waals surface area (Å²) in [6, 6.07) is 4.96. The molecule has 0 radical (unpaired) electrons. The Morgan fingerprint density at radius 1 is 1.38 bits per heavy atom. The molecule has 5 heteroatoms. The molecule has 0 atom stereocenters. The minimum absolute atomic E-state index is 0.515. The van der Waals surface area contributed by atoms with Crippen molar-refractivity contribution in [1.29, 1.82) is 0 Å². The zero-order chi connectivity index (χ0) is 12.4. The third kappa shape index (κ3) is 2.81. The lowest BCUT2D eigenvalue weighted by molar-refractivity contribution is 0.180. The number of hydrogen-bond acceptors (Lipinski definition) is 3. The molecule has 0 aliphatic carbocycles. The molecule has 0 bridgehead atoms. The first-order valence-corrected chi connectivity index (χ1v) is 5.87. The number of rotatable bonds is 3. The second-order valence-electron chi connectivity index (χ2n) is 3.62. The zero-order valence-corrected chi connectivity index (χ0v) is 9.71. The van der Waals surface area contributed by atoms with Crippen LogP contribution in [0.1, 0.15) is 13.8 Å². The van der Waals surface area contributed by atoms with E-state index in [1.54, 1.807) is 0 Å². The summed E-state index contributed by atoms with van der Waals surface area (Å²) in [5, 5.41) is 0. The number of hydrogen-bond donors (Lipinski definition) is 0. The fourth-order valence-corrected chi connectivity index (χ4v) is 2.23. The van der Waals surface area contributed by atoms with Gasteiger partial charge in [-0.1, -0.05) is 18.1 Å². The monoisotopic (exact) mass is 242 g/mol. The van der Waals surface area contributed by atoms with E-state index in [4.69, 9.17) is 10.6 Å². The topological polar surface area (TPSA) is 43.4 Å². The highest BCUT2D eigenvalue weighted by atomic mass is 32.2. The Kier molecular flexibility index (Phi) is 3.36. The number of halogens is 1. The highest BCUT2D eigenvalue weighted by Gasteiger charge is 2.28. The summed E-state index contributed by atoms with van der Waals surface area (Å²) >= 11 is 0. The molecule has 1 aromatic rings. The van der Waals surface area contributed by atoms with Crippen LogP contribution in [0.3, 0.4) is 0 Å². The summed E-state index contributed by atoms with van der Waals surface area (Å²) in [5.74, 6) is 1.30. The van der Waals surface area contributed by atoms with Gasteiger partial charge in [-0.25, -0.2) is 8.57 Å². The van der Waals surface area contributed by atoms with E-state index in [1.807, 2.05) is 0 Å². The van der Waals surface area contributed by atoms with Crippen LogP contribution >= 0.6 is 0 Å². The first kappa shape index (κ1) is 12.7. The van der Waals surface area contributed by atoms with Crippen LogP contribution in [0.5, 0.6) is 0 Å². The Labute approximate surface area is 94.4 Å². The van der Waals surface area contributed by atoms with Gasteiger partial charge in [0, 0.05) is 0 Å². The molecule has 16 heavy (non-hydrogen) atoms. The van der Waals surface area contributed by atoms with Crippen molar-refractivity contribution in [2.45, 2.75) is 24.3 Å². The summed E-state index contributed by atoms with van der Waals surface area (Å²) < 4.78 is 41.3. The fraction of sp³-hybridized carbons (Fsp3) is 0.273. The third-order valence-electron chi connectivity index (χ3n) is 1.77. The Morgan fingerprint density at radius 2 is 1.94 bits per heavy atom. The van der Waals surface area contributed by atoms with Crippen molar-refractivity contribution in [2.24, 2.45) is 0 Å². The lowest BCUT2D eigenvalue weighted by atomic mass is 10.2. The van der Waals surface area contributed by atoms with Gasteiger partial charge in [0.2, 0.25) is 0 Å². The van der Waals surface area contributed by atoms with Crippen molar-refractivity contribution < 1.29 is 17.0 Å². The molecule has 0 heterocycles. The summed E-state index contributed by atoms with van der Waals surface area (Å²) in [4.78, 5) is -0.515. The van der Waals surface area contributed by atoms with Crippen LogP contribution < -0.4 is 0 Å². The Bertz CT molecular complexity index is 526. The number of terminal acetylenes is 1. The maximum absolute atomic E-state index is 13.3. The Balaban J connectivity index is 3.16. The molecule has 0 amide bonds. The van der Waals surface area contributed by atoms with Crippen LogP contribution in [-0.2, 0) is 14.3 Å². The SMILES string of the molecule is C#CC(C)(C)OS(=O)(=O)c1ccccc1F. The van der Waals surface area contributed by atoms with E-state index in [0.29, 0.717) is 0 Å². The van der Waals surface area contributed by atoms with Crippen molar-refractivity contribution >= 4 is 10.1 Å². The molecule has 0 spiro atoms. The van der Waals surface area contributed by atoms with Crippen LogP contribution in [0.25, 0.3) is 0 Å². The van der Waals surface area contributed by atoms with Gasteiger partial charge in [-0.2, -0.15) is 8.42 Å². The molecule has 0 unspecified atom stereocenters. The highest BCUT2D eigenvalue weighted by Crippen LogP contribution is 2.21. The molecule has 0 saturated heterocycles. The van der Waals surface area contributed by atoms with Gasteiger partial charge in [0.1, 0.15) is 16.3 Å². The third-order valence-corrected chi connectivity index (χ3v) is 3.28. The van der Waals surface area contributed by atoms with Crippen molar-refractivity contribution in [3.8, 4) is 12.3 Å². The van der Waals surface area contributed by atoms with Gasteiger partial charge in [-0.15, -0.1) is 6.42 Å². The molecule has 1 rings (SSSR count). The van der Waals surface area contributed by atoms with Crippen LogP contribution in [-0.4, -0.2) is 14.0 Å². The summed E-state index contributed by atoms with van der Waals surface area (Å²) in [7, 11) is -4.18. The summed E-state index contributed by atoms with van der Waals surface area (Å²) in [6.07, 6.45) is 5.10. The molecule has 0 fully saturated rings. The van der Waals surface area contributed by atoms with Crippen molar-refractivity contribution in [3.05, 3.63) is 30.1 Å². The van der Waals surface area contributed by atoms with Crippen LogP contribution in [0.15, 0.2) is 29.2 Å². The second kappa shape index (κ2) is 4.24. The lowest BCUT2D eigenvalue weighted by Gasteiger charge is -2.17. The van der Waals surface area contributed by atoms with Crippen molar-refractivity contribution in [3.63, 3.8) is 0 Å². The second-order valence-corrected chi connectivity index (χ2v) is 5.14. The van der Waals surface area contributed by atoms with Crippen molar-refractivity contribution in [1.82, 2.24) is 0 Å². The Hall–Kier alpha value is -1.38. The highest BCUT2D eigenvalue weighted by molar-refractivity contribution is 7.86. The molecule has 0 aromatic heterocycles. The Morgan fingerprint density at radius 3 is 2.44 bits per heavy atom. The first-order valence-electron chi connectivity index (χ1n) is 4.46. The molecule has 86 valence electrons. The molecule has 1 aromatic carbocycles. The van der Waals surface area contributed by atoms with Gasteiger partial charge >= 0.3 is 10.1 Å². The minimum Gasteiger partial charge on any atom is -0.247 e. The van der Waals surface area contributed by atoms with E-state index in [-0.39, 0.29) is 0 Å². The lowest BCUT2D eigenvalue weighted by Crippen LogP contribution is -2.26. The first-order chi connectivity index (χ1) is 7.28. The predicted octanol–water partition coefficient (Wildman–Crippen LogP) is 1.94. The standard InChI is InChI=1S/C11H11FO3S/c1-4-11(2,3)15-16(13,14)10-8-6-5-7-9(10)12/h1,5-8H,2-3H3.